The summed E-state index contributed by atoms with van der Waals surface area (Å²) in [5.41, 5.74) is 2.00. The lowest BCUT2D eigenvalue weighted by Crippen LogP contribution is -2.24. The third-order valence-corrected chi connectivity index (χ3v) is 5.47. The zero-order valence-electron chi connectivity index (χ0n) is 16.7. The topological polar surface area (TPSA) is 69.0 Å². The van der Waals surface area contributed by atoms with Crippen molar-refractivity contribution in [1.29, 1.82) is 0 Å². The lowest BCUT2D eigenvalue weighted by atomic mass is 10.2. The Balaban J connectivity index is 1.58. The average Bonchev–Trinajstić information content (AvgIpc) is 3.13. The molecule has 0 atom stereocenters. The Morgan fingerprint density at radius 1 is 1.27 bits per heavy atom. The summed E-state index contributed by atoms with van der Waals surface area (Å²) in [5, 5.41) is 12.7. The zero-order chi connectivity index (χ0) is 21.3. The first-order valence-corrected chi connectivity index (χ1v) is 10.8. The predicted octanol–water partition coefficient (Wildman–Crippen LogP) is 4.41. The van der Waals surface area contributed by atoms with Crippen LogP contribution in [0.15, 0.2) is 66.3 Å². The number of carbonyl (C=O) groups excluding carboxylic acids is 1. The first-order valence-electron chi connectivity index (χ1n) is 9.42. The highest BCUT2D eigenvalue weighted by Gasteiger charge is 2.14. The highest BCUT2D eigenvalue weighted by atomic mass is 35.5. The van der Waals surface area contributed by atoms with E-state index in [9.17, 15) is 4.79 Å². The molecule has 0 aliphatic carbocycles. The molecule has 30 heavy (non-hydrogen) atoms. The van der Waals surface area contributed by atoms with Gasteiger partial charge in [-0.25, -0.2) is 0 Å². The average molecular weight is 443 g/mol. The van der Waals surface area contributed by atoms with E-state index in [-0.39, 0.29) is 18.3 Å². The first kappa shape index (κ1) is 21.9. The van der Waals surface area contributed by atoms with Crippen LogP contribution >= 0.6 is 23.4 Å². The highest BCUT2D eigenvalue weighted by molar-refractivity contribution is 7.99. The Bertz CT molecular complexity index is 1010. The fourth-order valence-corrected chi connectivity index (χ4v) is 3.76. The minimum Gasteiger partial charge on any atom is -0.485 e. The number of amides is 1. The fourth-order valence-electron chi connectivity index (χ4n) is 2.74. The number of halogens is 1. The van der Waals surface area contributed by atoms with Gasteiger partial charge in [0, 0.05) is 18.1 Å². The van der Waals surface area contributed by atoms with Crippen LogP contribution in [0.4, 0.5) is 0 Å². The molecule has 8 heteroatoms. The number of nitrogens with one attached hydrogen (secondary N) is 1. The van der Waals surface area contributed by atoms with E-state index >= 15 is 0 Å². The fraction of sp³-hybridized carbons (Fsp3) is 0.227. The molecule has 6 nitrogen and oxygen atoms in total. The number of allylic oxidation sites excluding steroid dienone is 1. The second-order valence-corrected chi connectivity index (χ2v) is 7.93. The van der Waals surface area contributed by atoms with Gasteiger partial charge in [-0.2, -0.15) is 0 Å². The van der Waals surface area contributed by atoms with Gasteiger partial charge in [0.25, 0.3) is 0 Å². The van der Waals surface area contributed by atoms with E-state index in [1.54, 1.807) is 12.1 Å². The molecule has 0 saturated heterocycles. The number of hydrogen-bond acceptors (Lipinski definition) is 5. The zero-order valence-corrected chi connectivity index (χ0v) is 18.2. The van der Waals surface area contributed by atoms with E-state index < -0.39 is 0 Å². The van der Waals surface area contributed by atoms with Crippen molar-refractivity contribution in [3.05, 3.63) is 83.2 Å². The maximum atomic E-state index is 12.2. The molecule has 0 spiro atoms. The number of rotatable bonds is 10. The second kappa shape index (κ2) is 10.8. The minimum absolute atomic E-state index is 0.0633. The van der Waals surface area contributed by atoms with Crippen molar-refractivity contribution in [3.63, 3.8) is 0 Å². The summed E-state index contributed by atoms with van der Waals surface area (Å²) in [6.07, 6.45) is 1.76. The first-order chi connectivity index (χ1) is 14.6. The van der Waals surface area contributed by atoms with Crippen molar-refractivity contribution >= 4 is 29.3 Å². The summed E-state index contributed by atoms with van der Waals surface area (Å²) >= 11 is 7.33. The molecule has 1 amide bonds. The van der Waals surface area contributed by atoms with Crippen LogP contribution in [-0.4, -0.2) is 26.4 Å². The number of benzene rings is 2. The number of carbonyl (C=O) groups is 1. The monoisotopic (exact) mass is 442 g/mol. The number of aromatic nitrogens is 3. The summed E-state index contributed by atoms with van der Waals surface area (Å²) < 4.78 is 7.78. The number of hydrogen-bond donors (Lipinski definition) is 1. The molecule has 0 unspecified atom stereocenters. The molecule has 1 aromatic heterocycles. The van der Waals surface area contributed by atoms with Crippen molar-refractivity contribution in [1.82, 2.24) is 20.1 Å². The van der Waals surface area contributed by atoms with Crippen molar-refractivity contribution in [3.8, 4) is 5.75 Å². The van der Waals surface area contributed by atoms with E-state index in [0.29, 0.717) is 29.1 Å². The van der Waals surface area contributed by atoms with Crippen LogP contribution in [-0.2, 0) is 24.5 Å². The Morgan fingerprint density at radius 3 is 2.80 bits per heavy atom. The van der Waals surface area contributed by atoms with Gasteiger partial charge in [0.2, 0.25) is 5.91 Å². The number of thioether (sulfide) groups is 1. The normalized spacial score (nSPS) is 10.6. The Labute approximate surface area is 185 Å². The molecular weight excluding hydrogens is 420 g/mol. The molecule has 3 rings (SSSR count). The molecule has 156 valence electrons. The lowest BCUT2D eigenvalue weighted by molar-refractivity contribution is -0.118. The third kappa shape index (κ3) is 6.11. The molecule has 0 aliphatic rings. The summed E-state index contributed by atoms with van der Waals surface area (Å²) in [5.74, 6) is 1.59. The summed E-state index contributed by atoms with van der Waals surface area (Å²) in [6, 6.07) is 15.3. The van der Waals surface area contributed by atoms with E-state index in [4.69, 9.17) is 16.3 Å². The van der Waals surface area contributed by atoms with Gasteiger partial charge >= 0.3 is 0 Å². The molecular formula is C22H23ClN4O2S. The Hall–Kier alpha value is -2.77. The van der Waals surface area contributed by atoms with Crippen molar-refractivity contribution in [2.24, 2.45) is 0 Å². The SMILES string of the molecule is C=CCn1c(COc2ccc(Cl)cc2C)nnc1SCC(=O)NCc1ccccc1. The van der Waals surface area contributed by atoms with Gasteiger partial charge in [-0.15, -0.1) is 16.8 Å². The van der Waals surface area contributed by atoms with Crippen molar-refractivity contribution in [2.45, 2.75) is 31.8 Å². The van der Waals surface area contributed by atoms with Crippen LogP contribution in [0.25, 0.3) is 0 Å². The quantitative estimate of drug-likeness (QED) is 0.372. The minimum atomic E-state index is -0.0633. The van der Waals surface area contributed by atoms with Gasteiger partial charge in [-0.1, -0.05) is 59.8 Å². The van der Waals surface area contributed by atoms with Crippen molar-refractivity contribution < 1.29 is 9.53 Å². The Morgan fingerprint density at radius 2 is 2.07 bits per heavy atom. The molecule has 3 aromatic rings. The molecule has 0 bridgehead atoms. The van der Waals surface area contributed by atoms with Crippen LogP contribution in [0.1, 0.15) is 17.0 Å². The smallest absolute Gasteiger partial charge is 0.230 e. The largest absolute Gasteiger partial charge is 0.485 e. The third-order valence-electron chi connectivity index (χ3n) is 4.26. The van der Waals surface area contributed by atoms with Crippen LogP contribution < -0.4 is 10.1 Å². The molecule has 0 saturated carbocycles. The van der Waals surface area contributed by atoms with Gasteiger partial charge in [0.1, 0.15) is 12.4 Å². The van der Waals surface area contributed by atoms with Gasteiger partial charge in [-0.3, -0.25) is 9.36 Å². The number of aryl methyl sites for hydroxylation is 1. The number of ether oxygens (including phenoxy) is 1. The lowest BCUT2D eigenvalue weighted by Gasteiger charge is -2.11. The van der Waals surface area contributed by atoms with Crippen LogP contribution in [0.3, 0.4) is 0 Å². The van der Waals surface area contributed by atoms with Crippen LogP contribution in [0, 0.1) is 6.92 Å². The van der Waals surface area contributed by atoms with Gasteiger partial charge in [-0.05, 0) is 36.2 Å². The Kier molecular flexibility index (Phi) is 7.93. The van der Waals surface area contributed by atoms with Gasteiger partial charge in [0.15, 0.2) is 11.0 Å². The van der Waals surface area contributed by atoms with E-state index in [1.165, 1.54) is 11.8 Å². The van der Waals surface area contributed by atoms with Crippen molar-refractivity contribution in [2.75, 3.05) is 5.75 Å². The van der Waals surface area contributed by atoms with Gasteiger partial charge < -0.3 is 10.1 Å². The summed E-state index contributed by atoms with van der Waals surface area (Å²) in [7, 11) is 0. The van der Waals surface area contributed by atoms with E-state index in [2.05, 4.69) is 22.1 Å². The summed E-state index contributed by atoms with van der Waals surface area (Å²) in [6.45, 7) is 7.01. The predicted molar refractivity (Wildman–Crippen MR) is 120 cm³/mol. The van der Waals surface area contributed by atoms with Crippen LogP contribution in [0.2, 0.25) is 5.02 Å². The van der Waals surface area contributed by atoms with Gasteiger partial charge in [0.05, 0.1) is 5.75 Å². The maximum Gasteiger partial charge on any atom is 0.230 e. The number of nitrogens with zero attached hydrogens (tertiary/aromatic N) is 3. The summed E-state index contributed by atoms with van der Waals surface area (Å²) in [4.78, 5) is 12.2. The molecule has 0 radical (unpaired) electrons. The maximum absolute atomic E-state index is 12.2. The van der Waals surface area contributed by atoms with E-state index in [1.807, 2.05) is 54.0 Å². The molecule has 1 heterocycles. The van der Waals surface area contributed by atoms with Crippen LogP contribution in [0.5, 0.6) is 5.75 Å². The van der Waals surface area contributed by atoms with E-state index in [0.717, 1.165) is 16.9 Å². The molecule has 2 aromatic carbocycles. The standard InChI is InChI=1S/C22H23ClN4O2S/c1-3-11-27-20(14-29-19-10-9-18(23)12-16(19)2)25-26-22(27)30-15-21(28)24-13-17-7-5-4-6-8-17/h3-10,12H,1,11,13-15H2,2H3,(H,24,28). The molecule has 0 fully saturated rings. The molecule has 1 N–H and O–H groups in total. The second-order valence-electron chi connectivity index (χ2n) is 6.55. The molecule has 0 aliphatic heterocycles. The highest BCUT2D eigenvalue weighted by Crippen LogP contribution is 2.23.